The quantitative estimate of drug-likeness (QED) is 0.0767. The van der Waals surface area contributed by atoms with Gasteiger partial charge >= 0.3 is 0 Å². The molecular weight excluding hydrogens is 749 g/mol. The molecule has 11 heteroatoms. The first-order valence-corrected chi connectivity index (χ1v) is 18.5. The average molecular weight is 791 g/mol. The third kappa shape index (κ3) is 11.3. The van der Waals surface area contributed by atoms with Gasteiger partial charge in [-0.3, -0.25) is 4.94 Å². The van der Waals surface area contributed by atoms with E-state index in [4.69, 9.17) is 14.2 Å². The van der Waals surface area contributed by atoms with Crippen LogP contribution in [-0.4, -0.2) is 0 Å². The second kappa shape index (κ2) is 20.3. The molecule has 0 saturated heterocycles. The summed E-state index contributed by atoms with van der Waals surface area (Å²) in [5.74, 6) is -4.68. The van der Waals surface area contributed by atoms with Gasteiger partial charge in [0.1, 0.15) is 35.6 Å². The van der Waals surface area contributed by atoms with Crippen molar-refractivity contribution in [1.82, 2.24) is 0 Å². The number of benzene rings is 6. The molecule has 0 atom stereocenters. The lowest BCUT2D eigenvalue weighted by Gasteiger charge is -2.19. The van der Waals surface area contributed by atoms with Gasteiger partial charge in [-0.15, -0.1) is 0 Å². The van der Waals surface area contributed by atoms with Gasteiger partial charge in [-0.1, -0.05) is 76.4 Å². The Labute approximate surface area is 327 Å². The van der Waals surface area contributed by atoms with Crippen molar-refractivity contribution in [3.8, 4) is 51.4 Å². The Morgan fingerprint density at radius 1 is 0.456 bits per heavy atom. The maximum absolute atomic E-state index is 14.8. The summed E-state index contributed by atoms with van der Waals surface area (Å²) in [6.45, 7) is 5.12. The Morgan fingerprint density at radius 2 is 0.930 bits per heavy atom. The Morgan fingerprint density at radius 3 is 1.39 bits per heavy atom. The Kier molecular flexibility index (Phi) is 15.0. The van der Waals surface area contributed by atoms with E-state index in [2.05, 4.69) is 25.7 Å². The van der Waals surface area contributed by atoms with E-state index in [0.29, 0.717) is 40.7 Å². The predicted octanol–water partition coefficient (Wildman–Crippen LogP) is 14.7. The molecule has 298 valence electrons. The number of halogens is 7. The van der Waals surface area contributed by atoms with Crippen LogP contribution in [0.1, 0.15) is 62.3 Å². The minimum Gasteiger partial charge on any atom is -0.453 e. The fourth-order valence-corrected chi connectivity index (χ4v) is 5.92. The zero-order chi connectivity index (χ0) is 40.9. The molecule has 0 heterocycles. The molecule has 0 aliphatic heterocycles. The van der Waals surface area contributed by atoms with E-state index in [1.54, 1.807) is 12.1 Å². The summed E-state index contributed by atoms with van der Waals surface area (Å²) in [7, 11) is 0. The SMILES string of the molecule is CCCc1ccc(Oc2cc(-c3cc(F)c(CF)c(F)c3)cc(Oc3ccc(CCC)cc3)c2Oc2cccc(CCC)c2)cc1.FOc1cc(F)c(F)c(F)c1. The summed E-state index contributed by atoms with van der Waals surface area (Å²) in [5, 5.41) is 0. The van der Waals surface area contributed by atoms with E-state index in [-0.39, 0.29) is 17.1 Å². The molecule has 0 aromatic heterocycles. The molecule has 0 amide bonds. The minimum absolute atomic E-state index is 0.204. The third-order valence-corrected chi connectivity index (χ3v) is 8.71. The van der Waals surface area contributed by atoms with Gasteiger partial charge in [-0.2, -0.15) is 0 Å². The predicted molar refractivity (Wildman–Crippen MR) is 206 cm³/mol. The van der Waals surface area contributed by atoms with Crippen LogP contribution in [0.3, 0.4) is 0 Å². The van der Waals surface area contributed by atoms with Gasteiger partial charge in [-0.05, 0) is 108 Å². The molecule has 0 spiro atoms. The average Bonchev–Trinajstić information content (AvgIpc) is 3.20. The lowest BCUT2D eigenvalue weighted by Crippen LogP contribution is -1.98. The maximum Gasteiger partial charge on any atom is 0.212 e. The molecule has 0 radical (unpaired) electrons. The molecule has 0 bridgehead atoms. The van der Waals surface area contributed by atoms with Crippen LogP contribution in [0.25, 0.3) is 11.1 Å². The number of aryl methyl sites for hydroxylation is 3. The number of rotatable bonds is 15. The van der Waals surface area contributed by atoms with Crippen LogP contribution in [0.4, 0.5) is 30.9 Å². The smallest absolute Gasteiger partial charge is 0.212 e. The monoisotopic (exact) mass is 790 g/mol. The van der Waals surface area contributed by atoms with Crippen LogP contribution in [0.15, 0.2) is 109 Å². The van der Waals surface area contributed by atoms with E-state index in [0.717, 1.165) is 56.2 Å². The molecule has 0 unspecified atom stereocenters. The molecule has 0 fully saturated rings. The van der Waals surface area contributed by atoms with Gasteiger partial charge in [0, 0.05) is 16.7 Å². The van der Waals surface area contributed by atoms with Crippen molar-refractivity contribution in [2.75, 3.05) is 0 Å². The molecule has 0 aliphatic rings. The highest BCUT2D eigenvalue weighted by atomic mass is 19.3. The van der Waals surface area contributed by atoms with Gasteiger partial charge < -0.3 is 14.2 Å². The molecule has 0 saturated carbocycles. The zero-order valence-electron chi connectivity index (χ0n) is 31.6. The third-order valence-electron chi connectivity index (χ3n) is 8.71. The highest BCUT2D eigenvalue weighted by molar-refractivity contribution is 5.72. The molecule has 4 nitrogen and oxygen atoms in total. The molecular formula is C46H41F7O4. The van der Waals surface area contributed by atoms with E-state index < -0.39 is 47.1 Å². The summed E-state index contributed by atoms with van der Waals surface area (Å²) < 4.78 is 110. The number of hydrogen-bond acceptors (Lipinski definition) is 4. The fourth-order valence-electron chi connectivity index (χ4n) is 5.92. The van der Waals surface area contributed by atoms with E-state index in [1.807, 2.05) is 72.8 Å². The summed E-state index contributed by atoms with van der Waals surface area (Å²) in [5.41, 5.74) is 3.49. The largest absolute Gasteiger partial charge is 0.453 e. The number of alkyl halides is 1. The highest BCUT2D eigenvalue weighted by Gasteiger charge is 2.21. The number of ether oxygens (including phenoxy) is 3. The minimum atomic E-state index is -1.65. The van der Waals surface area contributed by atoms with Crippen LogP contribution in [-0.2, 0) is 25.9 Å². The maximum atomic E-state index is 14.8. The van der Waals surface area contributed by atoms with Crippen LogP contribution in [0.5, 0.6) is 40.2 Å². The Bertz CT molecular complexity index is 2120. The molecule has 6 rings (SSSR count). The second-order valence-electron chi connectivity index (χ2n) is 13.1. The standard InChI is InChI=1S/C40H39F3O3.C6H2F4O/c1-4-8-27-13-17-32(18-14-27)44-38-24-31(30-22-36(42)35(26-41)37(43)23-30)25-39(45-33-19-15-28(9-5-2)16-20-33)40(38)46-34-12-7-11-29(21-34)10-6-3;7-4-1-3(11-10)2-5(8)6(4)9/h7,11-25H,4-6,8-10,26H2,1-3H3;1-2H. The van der Waals surface area contributed by atoms with Crippen LogP contribution in [0.2, 0.25) is 0 Å². The van der Waals surface area contributed by atoms with E-state index in [9.17, 15) is 30.9 Å². The van der Waals surface area contributed by atoms with E-state index >= 15 is 0 Å². The first kappa shape index (κ1) is 42.2. The first-order valence-electron chi connectivity index (χ1n) is 18.5. The van der Waals surface area contributed by atoms with Gasteiger partial charge in [0.2, 0.25) is 5.75 Å². The molecule has 6 aromatic carbocycles. The van der Waals surface area contributed by atoms with Crippen molar-refractivity contribution >= 4 is 0 Å². The summed E-state index contributed by atoms with van der Waals surface area (Å²) >= 11 is 0. The van der Waals surface area contributed by atoms with E-state index in [1.165, 1.54) is 11.1 Å². The van der Waals surface area contributed by atoms with Gasteiger partial charge in [0.05, 0.1) is 5.56 Å². The molecule has 6 aromatic rings. The molecule has 0 aliphatic carbocycles. The summed E-state index contributed by atoms with van der Waals surface area (Å²) in [4.78, 5) is 2.98. The zero-order valence-corrected chi connectivity index (χ0v) is 31.6. The summed E-state index contributed by atoms with van der Waals surface area (Å²) in [6, 6.07) is 29.7. The normalized spacial score (nSPS) is 10.8. The highest BCUT2D eigenvalue weighted by Crippen LogP contribution is 2.47. The van der Waals surface area contributed by atoms with Crippen LogP contribution >= 0.6 is 0 Å². The van der Waals surface area contributed by atoms with Crippen LogP contribution < -0.4 is 19.2 Å². The number of hydrogen-bond donors (Lipinski definition) is 0. The van der Waals surface area contributed by atoms with Gasteiger partial charge in [-0.25, -0.2) is 26.3 Å². The lowest BCUT2D eigenvalue weighted by atomic mass is 10.0. The van der Waals surface area contributed by atoms with Crippen LogP contribution in [0, 0.1) is 29.1 Å². The lowest BCUT2D eigenvalue weighted by molar-refractivity contribution is -0.00711. The topological polar surface area (TPSA) is 36.9 Å². The van der Waals surface area contributed by atoms with Crippen molar-refractivity contribution in [1.29, 1.82) is 0 Å². The van der Waals surface area contributed by atoms with Crippen molar-refractivity contribution < 1.29 is 50.0 Å². The molecule has 57 heavy (non-hydrogen) atoms. The molecule has 0 N–H and O–H groups in total. The van der Waals surface area contributed by atoms with Crippen molar-refractivity contribution in [3.05, 3.63) is 161 Å². The van der Waals surface area contributed by atoms with Crippen molar-refractivity contribution in [2.24, 2.45) is 0 Å². The fraction of sp³-hybridized carbons (Fsp3) is 0.217. The first-order chi connectivity index (χ1) is 27.5. The van der Waals surface area contributed by atoms with Crippen molar-refractivity contribution in [2.45, 2.75) is 66.0 Å². The van der Waals surface area contributed by atoms with Gasteiger partial charge in [0.15, 0.2) is 34.7 Å². The Hall–Kier alpha value is -5.97. The second-order valence-corrected chi connectivity index (χ2v) is 13.1. The Balaban J connectivity index is 0.000000486. The summed E-state index contributed by atoms with van der Waals surface area (Å²) in [6.07, 6.45) is 5.80. The van der Waals surface area contributed by atoms with Crippen molar-refractivity contribution in [3.63, 3.8) is 0 Å². The van der Waals surface area contributed by atoms with Gasteiger partial charge in [0.25, 0.3) is 0 Å².